The lowest BCUT2D eigenvalue weighted by Crippen LogP contribution is -2.30. The van der Waals surface area contributed by atoms with E-state index in [1.165, 1.54) is 0 Å². The number of anilines is 1. The minimum Gasteiger partial charge on any atom is -0.545 e. The summed E-state index contributed by atoms with van der Waals surface area (Å²) in [5, 5.41) is 14.1. The highest BCUT2D eigenvalue weighted by Crippen LogP contribution is 2.30. The van der Waals surface area contributed by atoms with Crippen LogP contribution in [0, 0.1) is 0 Å². The van der Waals surface area contributed by atoms with E-state index < -0.39 is 5.97 Å². The first-order valence-electron chi connectivity index (χ1n) is 8.06. The molecule has 0 atom stereocenters. The minimum atomic E-state index is -1.24. The molecule has 122 valence electrons. The van der Waals surface area contributed by atoms with Crippen LogP contribution in [0.4, 0.5) is 5.69 Å². The summed E-state index contributed by atoms with van der Waals surface area (Å²) in [6.45, 7) is 0. The van der Waals surface area contributed by atoms with Gasteiger partial charge in [0.2, 0.25) is 0 Å². The second-order valence-corrected chi connectivity index (χ2v) is 5.82. The third-order valence-electron chi connectivity index (χ3n) is 4.25. The van der Waals surface area contributed by atoms with E-state index in [2.05, 4.69) is 5.32 Å². The summed E-state index contributed by atoms with van der Waals surface area (Å²) in [5.41, 5.74) is 3.04. The van der Waals surface area contributed by atoms with Crippen molar-refractivity contribution in [1.82, 2.24) is 0 Å². The predicted molar refractivity (Wildman–Crippen MR) is 91.0 cm³/mol. The molecule has 0 radical (unpaired) electrons. The maximum Gasteiger partial charge on any atom is 0.251 e. The van der Waals surface area contributed by atoms with Gasteiger partial charge in [0.15, 0.2) is 0 Å². The number of nitrogens with one attached hydrogen (secondary N) is 1. The maximum absolute atomic E-state index is 12.6. The van der Waals surface area contributed by atoms with Gasteiger partial charge in [0.25, 0.3) is 5.91 Å². The van der Waals surface area contributed by atoms with Crippen molar-refractivity contribution in [3.8, 4) is 11.1 Å². The molecule has 0 saturated heterocycles. The molecule has 0 saturated carbocycles. The van der Waals surface area contributed by atoms with Crippen LogP contribution in [-0.4, -0.2) is 11.9 Å². The first kappa shape index (κ1) is 16.0. The lowest BCUT2D eigenvalue weighted by atomic mass is 9.91. The summed E-state index contributed by atoms with van der Waals surface area (Å²) < 4.78 is 0. The molecule has 0 aliphatic heterocycles. The number of carbonyl (C=O) groups excluding carboxylic acids is 2. The lowest BCUT2D eigenvalue weighted by Gasteiger charge is -2.21. The molecular weight excluding hydrogens is 302 g/mol. The summed E-state index contributed by atoms with van der Waals surface area (Å²) >= 11 is 0. The van der Waals surface area contributed by atoms with E-state index in [9.17, 15) is 14.7 Å². The zero-order chi connectivity index (χ0) is 16.9. The van der Waals surface area contributed by atoms with Crippen LogP contribution < -0.4 is 10.4 Å². The standard InChI is InChI=1S/C20H19NO3/c22-19(16-11-4-5-12-17(16)20(23)24)21-18-13-7-6-10-15(18)14-8-2-1-3-9-14/h1-3,6-10,13H,4-5,11-12H2,(H,21,22)(H,23,24)/p-1. The van der Waals surface area contributed by atoms with Crippen molar-refractivity contribution in [1.29, 1.82) is 0 Å². The van der Waals surface area contributed by atoms with Gasteiger partial charge >= 0.3 is 0 Å². The van der Waals surface area contributed by atoms with E-state index in [-0.39, 0.29) is 11.5 Å². The molecule has 0 unspecified atom stereocenters. The smallest absolute Gasteiger partial charge is 0.251 e. The van der Waals surface area contributed by atoms with Gasteiger partial charge in [0, 0.05) is 16.8 Å². The van der Waals surface area contributed by atoms with Crippen LogP contribution in [0.2, 0.25) is 0 Å². The van der Waals surface area contributed by atoms with E-state index in [0.717, 1.165) is 24.0 Å². The van der Waals surface area contributed by atoms with Crippen LogP contribution in [0.5, 0.6) is 0 Å². The minimum absolute atomic E-state index is 0.135. The third-order valence-corrected chi connectivity index (χ3v) is 4.25. The number of rotatable bonds is 4. The fourth-order valence-electron chi connectivity index (χ4n) is 3.04. The number of carbonyl (C=O) groups is 2. The Morgan fingerprint density at radius 3 is 2.17 bits per heavy atom. The van der Waals surface area contributed by atoms with Gasteiger partial charge in [-0.2, -0.15) is 0 Å². The van der Waals surface area contributed by atoms with Gasteiger partial charge in [-0.15, -0.1) is 0 Å². The van der Waals surface area contributed by atoms with Gasteiger partial charge in [0.1, 0.15) is 0 Å². The van der Waals surface area contributed by atoms with Crippen molar-refractivity contribution in [3.63, 3.8) is 0 Å². The van der Waals surface area contributed by atoms with E-state index in [1.54, 1.807) is 0 Å². The molecule has 2 aromatic carbocycles. The quantitative estimate of drug-likeness (QED) is 0.941. The van der Waals surface area contributed by atoms with Gasteiger partial charge in [0.05, 0.1) is 5.97 Å². The Morgan fingerprint density at radius 1 is 0.833 bits per heavy atom. The molecule has 1 aliphatic rings. The molecule has 3 rings (SSSR count). The molecule has 0 bridgehead atoms. The molecule has 0 fully saturated rings. The number of carboxylic acids is 1. The molecule has 0 spiro atoms. The number of amides is 1. The highest BCUT2D eigenvalue weighted by atomic mass is 16.4. The van der Waals surface area contributed by atoms with Crippen LogP contribution in [0.1, 0.15) is 25.7 Å². The van der Waals surface area contributed by atoms with Crippen molar-refractivity contribution < 1.29 is 14.7 Å². The third kappa shape index (κ3) is 3.38. The molecular formula is C20H18NO3-. The number of benzene rings is 2. The Morgan fingerprint density at radius 2 is 1.46 bits per heavy atom. The second-order valence-electron chi connectivity index (χ2n) is 5.82. The molecule has 1 aliphatic carbocycles. The monoisotopic (exact) mass is 320 g/mol. The first-order valence-corrected chi connectivity index (χ1v) is 8.06. The average molecular weight is 320 g/mol. The SMILES string of the molecule is O=C([O-])C1=C(C(=O)Nc2ccccc2-c2ccccc2)CCCC1. The lowest BCUT2D eigenvalue weighted by molar-refractivity contribution is -0.299. The predicted octanol–water partition coefficient (Wildman–Crippen LogP) is 2.91. The average Bonchev–Trinajstić information content (AvgIpc) is 2.63. The summed E-state index contributed by atoms with van der Waals surface area (Å²) in [6.07, 6.45) is 2.47. The molecule has 0 heterocycles. The van der Waals surface area contributed by atoms with Crippen LogP contribution in [0.3, 0.4) is 0 Å². The summed E-state index contributed by atoms with van der Waals surface area (Å²) in [4.78, 5) is 23.9. The van der Waals surface area contributed by atoms with Gasteiger partial charge in [-0.1, -0.05) is 48.5 Å². The zero-order valence-electron chi connectivity index (χ0n) is 13.2. The highest BCUT2D eigenvalue weighted by molar-refractivity contribution is 6.09. The van der Waals surface area contributed by atoms with E-state index in [0.29, 0.717) is 24.1 Å². The Labute approximate surface area is 140 Å². The Hall–Kier alpha value is -2.88. The highest BCUT2D eigenvalue weighted by Gasteiger charge is 2.20. The van der Waals surface area contributed by atoms with Gasteiger partial charge in [-0.05, 0) is 42.9 Å². The Balaban J connectivity index is 1.92. The Kier molecular flexibility index (Phi) is 4.75. The molecule has 24 heavy (non-hydrogen) atoms. The molecule has 4 heteroatoms. The molecule has 2 aromatic rings. The maximum atomic E-state index is 12.6. The van der Waals surface area contributed by atoms with Crippen molar-refractivity contribution >= 4 is 17.6 Å². The molecule has 0 aromatic heterocycles. The van der Waals surface area contributed by atoms with Crippen LogP contribution in [0.15, 0.2) is 65.7 Å². The molecule has 1 amide bonds. The van der Waals surface area contributed by atoms with Crippen molar-refractivity contribution in [2.24, 2.45) is 0 Å². The summed E-state index contributed by atoms with van der Waals surface area (Å²) in [5.74, 6) is -1.59. The first-order chi connectivity index (χ1) is 11.7. The van der Waals surface area contributed by atoms with Crippen LogP contribution >= 0.6 is 0 Å². The fourth-order valence-corrected chi connectivity index (χ4v) is 3.04. The number of aliphatic carboxylic acids is 1. The van der Waals surface area contributed by atoms with Crippen molar-refractivity contribution in [2.75, 3.05) is 5.32 Å². The Bertz CT molecular complexity index is 794. The van der Waals surface area contributed by atoms with Gasteiger partial charge in [-0.3, -0.25) is 4.79 Å². The van der Waals surface area contributed by atoms with Gasteiger partial charge < -0.3 is 15.2 Å². The normalized spacial score (nSPS) is 14.3. The number of hydrogen-bond donors (Lipinski definition) is 1. The van der Waals surface area contributed by atoms with E-state index >= 15 is 0 Å². The zero-order valence-corrected chi connectivity index (χ0v) is 13.2. The van der Waals surface area contributed by atoms with Crippen molar-refractivity contribution in [3.05, 3.63) is 65.7 Å². The number of hydrogen-bond acceptors (Lipinski definition) is 3. The van der Waals surface area contributed by atoms with E-state index in [4.69, 9.17) is 0 Å². The van der Waals surface area contributed by atoms with Crippen LogP contribution in [0.25, 0.3) is 11.1 Å². The number of para-hydroxylation sites is 1. The van der Waals surface area contributed by atoms with E-state index in [1.807, 2.05) is 54.6 Å². The fraction of sp³-hybridized carbons (Fsp3) is 0.200. The molecule has 1 N–H and O–H groups in total. The largest absolute Gasteiger partial charge is 0.545 e. The topological polar surface area (TPSA) is 69.2 Å². The van der Waals surface area contributed by atoms with Crippen LogP contribution in [-0.2, 0) is 9.59 Å². The molecule has 4 nitrogen and oxygen atoms in total. The summed E-state index contributed by atoms with van der Waals surface area (Å²) in [7, 11) is 0. The number of carboxylic acid groups (broad SMARTS) is 1. The van der Waals surface area contributed by atoms with Crippen molar-refractivity contribution in [2.45, 2.75) is 25.7 Å². The van der Waals surface area contributed by atoms with Gasteiger partial charge in [-0.25, -0.2) is 0 Å². The second kappa shape index (κ2) is 7.13. The summed E-state index contributed by atoms with van der Waals surface area (Å²) in [6, 6.07) is 17.2.